The molecule has 0 amide bonds. The van der Waals surface area contributed by atoms with E-state index in [9.17, 15) is 5.11 Å². The maximum absolute atomic E-state index is 11.5. The summed E-state index contributed by atoms with van der Waals surface area (Å²) in [5.74, 6) is 0.575. The van der Waals surface area contributed by atoms with Crippen molar-refractivity contribution in [2.24, 2.45) is 0 Å². The summed E-state index contributed by atoms with van der Waals surface area (Å²) in [4.78, 5) is 5.25. The summed E-state index contributed by atoms with van der Waals surface area (Å²) in [7, 11) is 0. The third-order valence-electron chi connectivity index (χ3n) is 5.44. The molecule has 164 valence electrons. The van der Waals surface area contributed by atoms with Crippen molar-refractivity contribution in [2.75, 3.05) is 0 Å². The second-order valence-electron chi connectivity index (χ2n) is 8.03. The molecule has 1 heterocycles. The van der Waals surface area contributed by atoms with Gasteiger partial charge in [-0.1, -0.05) is 71.7 Å². The molecule has 0 saturated heterocycles. The third kappa shape index (κ3) is 5.57. The molecule has 2 atom stereocenters. The summed E-state index contributed by atoms with van der Waals surface area (Å²) in [6.45, 7) is 2.33. The fourth-order valence-electron chi connectivity index (χ4n) is 3.95. The van der Waals surface area contributed by atoms with Gasteiger partial charge in [0.2, 0.25) is 0 Å². The van der Waals surface area contributed by atoms with E-state index >= 15 is 0 Å². The highest BCUT2D eigenvalue weighted by Crippen LogP contribution is 2.37. The number of aromatic nitrogens is 2. The van der Waals surface area contributed by atoms with E-state index in [4.69, 9.17) is 23.2 Å². The smallest absolute Gasteiger partial charge is 0.0946 e. The van der Waals surface area contributed by atoms with Crippen molar-refractivity contribution in [1.82, 2.24) is 9.55 Å². The van der Waals surface area contributed by atoms with Gasteiger partial charge in [0.25, 0.3) is 0 Å². The molecule has 1 aromatic heterocycles. The first-order chi connectivity index (χ1) is 15.4. The van der Waals surface area contributed by atoms with Crippen LogP contribution in [0.2, 0.25) is 10.0 Å². The van der Waals surface area contributed by atoms with Gasteiger partial charge in [-0.2, -0.15) is 0 Å². The highest BCUT2D eigenvalue weighted by Gasteiger charge is 2.34. The molecule has 2 unspecified atom stereocenters. The van der Waals surface area contributed by atoms with E-state index in [1.807, 2.05) is 48.0 Å². The van der Waals surface area contributed by atoms with Gasteiger partial charge in [-0.15, -0.1) is 11.8 Å². The van der Waals surface area contributed by atoms with E-state index in [2.05, 4.69) is 41.4 Å². The topological polar surface area (TPSA) is 38.0 Å². The van der Waals surface area contributed by atoms with Gasteiger partial charge in [-0.05, 0) is 47.9 Å². The normalized spacial score (nSPS) is 14.1. The molecule has 4 rings (SSSR count). The Labute approximate surface area is 203 Å². The molecule has 3 nitrogen and oxygen atoms in total. The summed E-state index contributed by atoms with van der Waals surface area (Å²) < 4.78 is 1.91. The number of hydrogen-bond donors (Lipinski definition) is 1. The Bertz CT molecular complexity index is 1150. The number of nitrogens with zero attached hydrogens (tertiary/aromatic N) is 2. The quantitative estimate of drug-likeness (QED) is 0.273. The third-order valence-corrected chi connectivity index (χ3v) is 7.09. The average molecular weight is 483 g/mol. The van der Waals surface area contributed by atoms with Crippen LogP contribution < -0.4 is 0 Å². The molecule has 0 spiro atoms. The number of hydrogen-bond acceptors (Lipinski definition) is 3. The van der Waals surface area contributed by atoms with Gasteiger partial charge in [0, 0.05) is 39.0 Å². The predicted octanol–water partition coefficient (Wildman–Crippen LogP) is 7.07. The first-order valence-corrected chi connectivity index (χ1v) is 12.1. The summed E-state index contributed by atoms with van der Waals surface area (Å²) in [5, 5.41) is 12.9. The van der Waals surface area contributed by atoms with Crippen LogP contribution in [0.15, 0.2) is 96.4 Å². The highest BCUT2D eigenvalue weighted by molar-refractivity contribution is 7.98. The monoisotopic (exact) mass is 482 g/mol. The lowest BCUT2D eigenvalue weighted by Crippen LogP contribution is -2.38. The minimum absolute atomic E-state index is 0.184. The van der Waals surface area contributed by atoms with E-state index in [1.54, 1.807) is 30.4 Å². The Morgan fingerprint density at radius 2 is 1.72 bits per heavy atom. The standard InChI is InChI=1S/C26H24Cl2N2OS/c1-26(31,17-30-14-13-29-18-30)25(19-5-3-2-4-6-19)20-8-11-23(12-9-20)32-16-21-7-10-22(27)15-24(21)28/h2-15,18,25,31H,16-17H2,1H3. The van der Waals surface area contributed by atoms with E-state index < -0.39 is 5.60 Å². The zero-order valence-electron chi connectivity index (χ0n) is 17.7. The first kappa shape index (κ1) is 22.9. The molecular formula is C26H24Cl2N2OS. The van der Waals surface area contributed by atoms with Crippen LogP contribution in [0.3, 0.4) is 0 Å². The molecule has 0 aliphatic heterocycles. The van der Waals surface area contributed by atoms with Gasteiger partial charge in [-0.3, -0.25) is 0 Å². The molecule has 0 fully saturated rings. The van der Waals surface area contributed by atoms with Gasteiger partial charge in [-0.25, -0.2) is 4.98 Å². The molecule has 0 bridgehead atoms. The lowest BCUT2D eigenvalue weighted by Gasteiger charge is -2.34. The first-order valence-electron chi connectivity index (χ1n) is 10.3. The SMILES string of the molecule is CC(O)(Cn1ccnc1)C(c1ccccc1)c1ccc(SCc2ccc(Cl)cc2Cl)cc1. The molecule has 32 heavy (non-hydrogen) atoms. The number of thioether (sulfide) groups is 1. The van der Waals surface area contributed by atoms with Crippen molar-refractivity contribution in [1.29, 1.82) is 0 Å². The highest BCUT2D eigenvalue weighted by atomic mass is 35.5. The molecule has 4 aromatic rings. The molecule has 3 aromatic carbocycles. The van der Waals surface area contributed by atoms with Crippen molar-refractivity contribution < 1.29 is 5.11 Å². The summed E-state index contributed by atoms with van der Waals surface area (Å²) in [6, 6.07) is 24.2. The van der Waals surface area contributed by atoms with E-state index in [0.29, 0.717) is 16.6 Å². The summed E-state index contributed by atoms with van der Waals surface area (Å²) in [6.07, 6.45) is 5.34. The van der Waals surface area contributed by atoms with Crippen molar-refractivity contribution in [3.8, 4) is 0 Å². The van der Waals surface area contributed by atoms with Crippen LogP contribution in [0.1, 0.15) is 29.5 Å². The molecule has 0 aliphatic carbocycles. The van der Waals surface area contributed by atoms with Crippen molar-refractivity contribution >= 4 is 35.0 Å². The predicted molar refractivity (Wildman–Crippen MR) is 134 cm³/mol. The zero-order chi connectivity index (χ0) is 22.6. The summed E-state index contributed by atoms with van der Waals surface area (Å²) in [5.41, 5.74) is 2.19. The second-order valence-corrected chi connectivity index (χ2v) is 9.92. The van der Waals surface area contributed by atoms with Gasteiger partial charge < -0.3 is 9.67 Å². The zero-order valence-corrected chi connectivity index (χ0v) is 20.0. The number of rotatable bonds is 8. The van der Waals surface area contributed by atoms with Gasteiger partial charge >= 0.3 is 0 Å². The van der Waals surface area contributed by atoms with Crippen LogP contribution in [0.4, 0.5) is 0 Å². The van der Waals surface area contributed by atoms with Crippen LogP contribution in [0.25, 0.3) is 0 Å². The number of aliphatic hydroxyl groups is 1. The van der Waals surface area contributed by atoms with Crippen LogP contribution in [-0.2, 0) is 12.3 Å². The van der Waals surface area contributed by atoms with E-state index in [1.165, 1.54) is 0 Å². The Morgan fingerprint density at radius 3 is 2.38 bits per heavy atom. The lowest BCUT2D eigenvalue weighted by molar-refractivity contribution is 0.0252. The largest absolute Gasteiger partial charge is 0.387 e. The Morgan fingerprint density at radius 1 is 1.00 bits per heavy atom. The van der Waals surface area contributed by atoms with E-state index in [0.717, 1.165) is 27.3 Å². The molecular weight excluding hydrogens is 459 g/mol. The average Bonchev–Trinajstić information content (AvgIpc) is 3.27. The van der Waals surface area contributed by atoms with Crippen LogP contribution in [0, 0.1) is 0 Å². The maximum atomic E-state index is 11.5. The molecule has 1 N–H and O–H groups in total. The fraction of sp³-hybridized carbons (Fsp3) is 0.192. The van der Waals surface area contributed by atoms with Gasteiger partial charge in [0.15, 0.2) is 0 Å². The Hall–Kier alpha value is -2.24. The van der Waals surface area contributed by atoms with Crippen molar-refractivity contribution in [2.45, 2.75) is 35.6 Å². The van der Waals surface area contributed by atoms with Crippen molar-refractivity contribution in [3.63, 3.8) is 0 Å². The summed E-state index contributed by atoms with van der Waals surface area (Å²) >= 11 is 14.0. The van der Waals surface area contributed by atoms with Gasteiger partial charge in [0.05, 0.1) is 18.5 Å². The Balaban J connectivity index is 1.56. The molecule has 0 radical (unpaired) electrons. The van der Waals surface area contributed by atoms with Crippen LogP contribution >= 0.6 is 35.0 Å². The van der Waals surface area contributed by atoms with Crippen molar-refractivity contribution in [3.05, 3.63) is 118 Å². The Kier molecular flexibility index (Phi) is 7.27. The number of benzene rings is 3. The molecule has 6 heteroatoms. The minimum Gasteiger partial charge on any atom is -0.387 e. The number of imidazole rings is 1. The maximum Gasteiger partial charge on any atom is 0.0946 e. The van der Waals surface area contributed by atoms with Crippen LogP contribution in [0.5, 0.6) is 0 Å². The molecule has 0 aliphatic rings. The fourth-order valence-corrected chi connectivity index (χ4v) is 5.41. The number of halogens is 2. The van der Waals surface area contributed by atoms with Crippen LogP contribution in [-0.4, -0.2) is 20.3 Å². The minimum atomic E-state index is -1.01. The van der Waals surface area contributed by atoms with E-state index in [-0.39, 0.29) is 5.92 Å². The second kappa shape index (κ2) is 10.1. The van der Waals surface area contributed by atoms with Gasteiger partial charge in [0.1, 0.15) is 0 Å². The lowest BCUT2D eigenvalue weighted by atomic mass is 9.78. The molecule has 0 saturated carbocycles.